The molecule has 1 N–H and O–H groups in total. The first-order chi connectivity index (χ1) is 9.90. The zero-order chi connectivity index (χ0) is 15.5. The summed E-state index contributed by atoms with van der Waals surface area (Å²) < 4.78 is 0. The summed E-state index contributed by atoms with van der Waals surface area (Å²) in [5.74, 6) is 0.440. The van der Waals surface area contributed by atoms with Gasteiger partial charge in [0.25, 0.3) is 0 Å². The quantitative estimate of drug-likeness (QED) is 0.785. The van der Waals surface area contributed by atoms with Crippen LogP contribution in [0.15, 0.2) is 42.0 Å². The Bertz CT molecular complexity index is 516. The minimum absolute atomic E-state index is 0.0753. The first-order valence-corrected chi connectivity index (χ1v) is 7.91. The van der Waals surface area contributed by atoms with Crippen LogP contribution < -0.4 is 5.32 Å². The molecule has 114 valence electrons. The molecule has 2 nitrogen and oxygen atoms in total. The molecule has 0 aromatic heterocycles. The number of carbonyl (C=O) groups excluding carboxylic acids is 1. The molecular formula is C19H27NO. The number of anilines is 1. The first-order valence-electron chi connectivity index (χ1n) is 7.91. The van der Waals surface area contributed by atoms with E-state index in [2.05, 4.69) is 39.1 Å². The SMILES string of the molecule is CC1=CCCC(C)(C)[C@H]1C(=O)C[C@H](C)Nc1ccccc1. The predicted molar refractivity (Wildman–Crippen MR) is 89.4 cm³/mol. The smallest absolute Gasteiger partial charge is 0.142 e. The van der Waals surface area contributed by atoms with Crippen LogP contribution in [0.4, 0.5) is 5.69 Å². The number of hydrogen-bond donors (Lipinski definition) is 1. The third kappa shape index (κ3) is 3.96. The molecule has 0 spiro atoms. The lowest BCUT2D eigenvalue weighted by Crippen LogP contribution is -2.36. The van der Waals surface area contributed by atoms with Crippen molar-refractivity contribution in [2.75, 3.05) is 5.32 Å². The molecule has 0 amide bonds. The number of benzene rings is 1. The molecule has 1 aromatic rings. The zero-order valence-electron chi connectivity index (χ0n) is 13.6. The van der Waals surface area contributed by atoms with Gasteiger partial charge in [-0.2, -0.15) is 0 Å². The molecule has 0 saturated heterocycles. The summed E-state index contributed by atoms with van der Waals surface area (Å²) in [5, 5.41) is 3.41. The molecule has 0 heterocycles. The van der Waals surface area contributed by atoms with Crippen LogP contribution in [0, 0.1) is 11.3 Å². The van der Waals surface area contributed by atoms with Gasteiger partial charge in [0.1, 0.15) is 5.78 Å². The molecule has 2 heteroatoms. The van der Waals surface area contributed by atoms with E-state index < -0.39 is 0 Å². The molecule has 0 aliphatic heterocycles. The van der Waals surface area contributed by atoms with Crippen molar-refractivity contribution in [3.63, 3.8) is 0 Å². The summed E-state index contributed by atoms with van der Waals surface area (Å²) in [6.45, 7) is 8.64. The van der Waals surface area contributed by atoms with Crippen LogP contribution in [0.1, 0.15) is 47.0 Å². The van der Waals surface area contributed by atoms with Crippen LogP contribution in [-0.2, 0) is 4.79 Å². The molecule has 0 radical (unpaired) electrons. The van der Waals surface area contributed by atoms with Crippen molar-refractivity contribution in [2.45, 2.75) is 53.0 Å². The van der Waals surface area contributed by atoms with E-state index in [4.69, 9.17) is 0 Å². The molecule has 0 saturated carbocycles. The van der Waals surface area contributed by atoms with Crippen molar-refractivity contribution in [1.82, 2.24) is 0 Å². The lowest BCUT2D eigenvalue weighted by molar-refractivity contribution is -0.125. The molecule has 0 bridgehead atoms. The fraction of sp³-hybridized carbons (Fsp3) is 0.526. The molecule has 21 heavy (non-hydrogen) atoms. The summed E-state index contributed by atoms with van der Waals surface area (Å²) in [4.78, 5) is 12.7. The van der Waals surface area contributed by atoms with Gasteiger partial charge >= 0.3 is 0 Å². The Kier molecular flexibility index (Phi) is 4.87. The summed E-state index contributed by atoms with van der Waals surface area (Å²) in [5.41, 5.74) is 2.42. The molecule has 2 rings (SSSR count). The van der Waals surface area contributed by atoms with E-state index >= 15 is 0 Å². The summed E-state index contributed by atoms with van der Waals surface area (Å²) >= 11 is 0. The average molecular weight is 285 g/mol. The predicted octanol–water partition coefficient (Wildman–Crippen LogP) is 4.83. The largest absolute Gasteiger partial charge is 0.382 e. The molecular weight excluding hydrogens is 258 g/mol. The lowest BCUT2D eigenvalue weighted by Gasteiger charge is -2.38. The second kappa shape index (κ2) is 6.46. The van der Waals surface area contributed by atoms with Gasteiger partial charge in [-0.15, -0.1) is 0 Å². The number of ketones is 1. The van der Waals surface area contributed by atoms with Crippen molar-refractivity contribution in [3.05, 3.63) is 42.0 Å². The fourth-order valence-electron chi connectivity index (χ4n) is 3.53. The van der Waals surface area contributed by atoms with E-state index in [-0.39, 0.29) is 17.4 Å². The third-order valence-corrected chi connectivity index (χ3v) is 4.51. The molecule has 1 aliphatic rings. The number of para-hydroxylation sites is 1. The van der Waals surface area contributed by atoms with Crippen LogP contribution in [0.5, 0.6) is 0 Å². The van der Waals surface area contributed by atoms with Gasteiger partial charge in [-0.05, 0) is 44.2 Å². The number of allylic oxidation sites excluding steroid dienone is 2. The van der Waals surface area contributed by atoms with E-state index in [1.807, 2.05) is 30.3 Å². The van der Waals surface area contributed by atoms with Gasteiger partial charge in [-0.25, -0.2) is 0 Å². The van der Waals surface area contributed by atoms with Crippen molar-refractivity contribution in [2.24, 2.45) is 11.3 Å². The van der Waals surface area contributed by atoms with E-state index in [9.17, 15) is 4.79 Å². The maximum atomic E-state index is 12.7. The molecule has 0 fully saturated rings. The second-order valence-electron chi connectivity index (χ2n) is 6.99. The number of nitrogens with one attached hydrogen (secondary N) is 1. The molecule has 1 aliphatic carbocycles. The van der Waals surface area contributed by atoms with E-state index in [1.54, 1.807) is 0 Å². The van der Waals surface area contributed by atoms with E-state index in [0.717, 1.165) is 18.5 Å². The van der Waals surface area contributed by atoms with Gasteiger partial charge in [-0.1, -0.05) is 43.7 Å². The van der Waals surface area contributed by atoms with Gasteiger partial charge in [0.05, 0.1) is 0 Å². The topological polar surface area (TPSA) is 29.1 Å². The highest BCUT2D eigenvalue weighted by Crippen LogP contribution is 2.42. The van der Waals surface area contributed by atoms with Crippen LogP contribution >= 0.6 is 0 Å². The van der Waals surface area contributed by atoms with Crippen molar-refractivity contribution < 1.29 is 4.79 Å². The Hall–Kier alpha value is -1.57. The average Bonchev–Trinajstić information content (AvgIpc) is 2.38. The third-order valence-electron chi connectivity index (χ3n) is 4.51. The van der Waals surface area contributed by atoms with Gasteiger partial charge in [0, 0.05) is 24.1 Å². The normalized spacial score (nSPS) is 22.3. The number of Topliss-reactive ketones (excluding diaryl/α,β-unsaturated/α-hetero) is 1. The van der Waals surface area contributed by atoms with Crippen LogP contribution in [0.2, 0.25) is 0 Å². The number of rotatable bonds is 5. The highest BCUT2D eigenvalue weighted by Gasteiger charge is 2.37. The minimum atomic E-state index is 0.0753. The standard InChI is InChI=1S/C19H27NO/c1-14-9-8-12-19(3,4)18(14)17(21)13-15(2)20-16-10-6-5-7-11-16/h5-7,9-11,15,18,20H,8,12-13H2,1-4H3/t15-,18+/m0/s1. The van der Waals surface area contributed by atoms with Crippen molar-refractivity contribution in [1.29, 1.82) is 0 Å². The van der Waals surface area contributed by atoms with Gasteiger partial charge in [0.15, 0.2) is 0 Å². The summed E-state index contributed by atoms with van der Waals surface area (Å²) in [6.07, 6.45) is 5.01. The van der Waals surface area contributed by atoms with Gasteiger partial charge in [-0.3, -0.25) is 4.79 Å². The first kappa shape index (κ1) is 15.8. The summed E-state index contributed by atoms with van der Waals surface area (Å²) in [6, 6.07) is 10.3. The Morgan fingerprint density at radius 3 is 2.62 bits per heavy atom. The van der Waals surface area contributed by atoms with Gasteiger partial charge in [0.2, 0.25) is 0 Å². The maximum Gasteiger partial charge on any atom is 0.142 e. The van der Waals surface area contributed by atoms with E-state index in [1.165, 1.54) is 5.57 Å². The Labute approximate surface area is 128 Å². The van der Waals surface area contributed by atoms with Crippen LogP contribution in [0.25, 0.3) is 0 Å². The maximum absolute atomic E-state index is 12.7. The second-order valence-corrected chi connectivity index (χ2v) is 6.99. The molecule has 0 unspecified atom stereocenters. The fourth-order valence-corrected chi connectivity index (χ4v) is 3.53. The van der Waals surface area contributed by atoms with E-state index in [0.29, 0.717) is 12.2 Å². The van der Waals surface area contributed by atoms with Gasteiger partial charge < -0.3 is 5.32 Å². The Morgan fingerprint density at radius 2 is 2.00 bits per heavy atom. The highest BCUT2D eigenvalue weighted by molar-refractivity contribution is 5.85. The van der Waals surface area contributed by atoms with Crippen molar-refractivity contribution in [3.8, 4) is 0 Å². The van der Waals surface area contributed by atoms with Crippen LogP contribution in [-0.4, -0.2) is 11.8 Å². The Balaban J connectivity index is 2.00. The highest BCUT2D eigenvalue weighted by atomic mass is 16.1. The minimum Gasteiger partial charge on any atom is -0.382 e. The molecule has 2 atom stereocenters. The number of carbonyl (C=O) groups is 1. The molecule has 1 aromatic carbocycles. The lowest BCUT2D eigenvalue weighted by atomic mass is 9.66. The van der Waals surface area contributed by atoms with Crippen molar-refractivity contribution >= 4 is 11.5 Å². The summed E-state index contributed by atoms with van der Waals surface area (Å²) in [7, 11) is 0. The van der Waals surface area contributed by atoms with Crippen LogP contribution in [0.3, 0.4) is 0 Å². The number of hydrogen-bond acceptors (Lipinski definition) is 2. The monoisotopic (exact) mass is 285 g/mol. The Morgan fingerprint density at radius 1 is 1.33 bits per heavy atom. The zero-order valence-corrected chi connectivity index (χ0v) is 13.6.